The maximum absolute atomic E-state index is 12.3. The molecule has 2 heterocycles. The van der Waals surface area contributed by atoms with E-state index in [1.807, 2.05) is 72.8 Å². The molecule has 6 rings (SSSR count). The largest absolute Gasteiger partial charge is 0.471 e. The topological polar surface area (TPSA) is 133 Å². The first-order chi connectivity index (χ1) is 22.0. The van der Waals surface area contributed by atoms with E-state index in [1.165, 1.54) is 18.2 Å². The molecule has 9 nitrogen and oxygen atoms in total. The predicted molar refractivity (Wildman–Crippen MR) is 172 cm³/mol. The number of rotatable bonds is 7. The van der Waals surface area contributed by atoms with E-state index in [0.29, 0.717) is 41.6 Å². The molecule has 1 amide bonds. The Hall–Kier alpha value is -4.82. The average Bonchev–Trinajstić information content (AvgIpc) is 3.70. The van der Waals surface area contributed by atoms with E-state index in [9.17, 15) is 18.0 Å². The van der Waals surface area contributed by atoms with Crippen LogP contribution in [-0.2, 0) is 17.6 Å². The molecule has 0 radical (unpaired) electrons. The molecule has 0 saturated heterocycles. The molecule has 0 unspecified atom stereocenters. The summed E-state index contributed by atoms with van der Waals surface area (Å²) in [5, 5.41) is 9.70. The lowest BCUT2D eigenvalue weighted by Crippen LogP contribution is -2.30. The van der Waals surface area contributed by atoms with Crippen LogP contribution in [0.5, 0.6) is 0 Å². The Bertz CT molecular complexity index is 1930. The molecule has 234 valence electrons. The number of amides is 1. The Morgan fingerprint density at radius 2 is 1.20 bits per heavy atom. The molecule has 0 aliphatic rings. The molecule has 0 aliphatic heterocycles. The number of halogens is 5. The molecular weight excluding hydrogens is 733 g/mol. The summed E-state index contributed by atoms with van der Waals surface area (Å²) in [4.78, 5) is 19.7. The summed E-state index contributed by atoms with van der Waals surface area (Å²) < 4.78 is 48.6. The van der Waals surface area contributed by atoms with E-state index in [4.69, 9.17) is 14.8 Å². The van der Waals surface area contributed by atoms with Gasteiger partial charge >= 0.3 is 12.1 Å². The molecule has 0 atom stereocenters. The molecule has 0 aliphatic carbocycles. The van der Waals surface area contributed by atoms with Gasteiger partial charge in [-0.05, 0) is 79.4 Å². The fraction of sp³-hybridized carbons (Fsp3) is 0.0938. The first-order valence-corrected chi connectivity index (χ1v) is 15.1. The Labute approximate surface area is 277 Å². The minimum Gasteiger partial charge on any atom is -0.398 e. The highest BCUT2D eigenvalue weighted by Crippen LogP contribution is 2.30. The van der Waals surface area contributed by atoms with Crippen molar-refractivity contribution < 1.29 is 27.0 Å². The SMILES string of the molecule is Nc1ccc(-c2nc(Cc3ccccc3)no2)cc1Br.O=C(Nc1ccc(-c2nc(Cc3ccccc3)no2)cc1Br)C(F)(F)F. The zero-order chi connectivity index (χ0) is 32.7. The van der Waals surface area contributed by atoms with Crippen molar-refractivity contribution >= 4 is 49.1 Å². The van der Waals surface area contributed by atoms with Crippen LogP contribution in [0.4, 0.5) is 24.5 Å². The van der Waals surface area contributed by atoms with Crippen molar-refractivity contribution in [2.75, 3.05) is 11.1 Å². The Kier molecular flexibility index (Phi) is 10.3. The van der Waals surface area contributed by atoms with Crippen LogP contribution in [0.3, 0.4) is 0 Å². The van der Waals surface area contributed by atoms with E-state index in [0.717, 1.165) is 21.2 Å². The van der Waals surface area contributed by atoms with E-state index < -0.39 is 12.1 Å². The molecule has 0 bridgehead atoms. The fourth-order valence-electron chi connectivity index (χ4n) is 4.05. The van der Waals surface area contributed by atoms with E-state index >= 15 is 0 Å². The second-order valence-corrected chi connectivity index (χ2v) is 11.4. The predicted octanol–water partition coefficient (Wildman–Crippen LogP) is 8.26. The van der Waals surface area contributed by atoms with Crippen molar-refractivity contribution in [3.05, 3.63) is 129 Å². The normalized spacial score (nSPS) is 11.1. The summed E-state index contributed by atoms with van der Waals surface area (Å²) in [6.07, 6.45) is -3.82. The van der Waals surface area contributed by atoms with Gasteiger partial charge in [-0.15, -0.1) is 0 Å². The second-order valence-electron chi connectivity index (χ2n) is 9.74. The van der Waals surface area contributed by atoms with Gasteiger partial charge in [-0.3, -0.25) is 4.79 Å². The zero-order valence-electron chi connectivity index (χ0n) is 23.6. The molecule has 0 spiro atoms. The number of carbonyl (C=O) groups excluding carboxylic acids is 1. The van der Waals surface area contributed by atoms with Gasteiger partial charge in [0.2, 0.25) is 0 Å². The summed E-state index contributed by atoms with van der Waals surface area (Å²) in [5.41, 5.74) is 9.95. The first-order valence-electron chi connectivity index (χ1n) is 13.5. The van der Waals surface area contributed by atoms with E-state index in [2.05, 4.69) is 52.1 Å². The van der Waals surface area contributed by atoms with Crippen molar-refractivity contribution in [3.8, 4) is 22.9 Å². The number of hydrogen-bond acceptors (Lipinski definition) is 8. The van der Waals surface area contributed by atoms with Crippen LogP contribution in [-0.4, -0.2) is 32.4 Å². The van der Waals surface area contributed by atoms with Crippen molar-refractivity contribution in [1.82, 2.24) is 20.3 Å². The highest BCUT2D eigenvalue weighted by molar-refractivity contribution is 9.11. The first kappa shape index (κ1) is 32.6. The van der Waals surface area contributed by atoms with Crippen molar-refractivity contribution in [2.45, 2.75) is 19.0 Å². The Balaban J connectivity index is 0.000000187. The van der Waals surface area contributed by atoms with E-state index in [1.54, 1.807) is 11.4 Å². The van der Waals surface area contributed by atoms with Gasteiger partial charge in [0.25, 0.3) is 11.8 Å². The number of alkyl halides is 3. The monoisotopic (exact) mass is 754 g/mol. The minimum atomic E-state index is -4.96. The van der Waals surface area contributed by atoms with Gasteiger partial charge in [-0.25, -0.2) is 0 Å². The Morgan fingerprint density at radius 1 is 0.717 bits per heavy atom. The van der Waals surface area contributed by atoms with Crippen LogP contribution in [0.2, 0.25) is 0 Å². The molecule has 0 fully saturated rings. The molecule has 4 aromatic carbocycles. The summed E-state index contributed by atoms with van der Waals surface area (Å²) in [7, 11) is 0. The maximum Gasteiger partial charge on any atom is 0.471 e. The molecule has 0 saturated carbocycles. The highest BCUT2D eigenvalue weighted by atomic mass is 79.9. The van der Waals surface area contributed by atoms with Gasteiger partial charge in [0.05, 0.1) is 5.69 Å². The lowest BCUT2D eigenvalue weighted by molar-refractivity contribution is -0.167. The van der Waals surface area contributed by atoms with Crippen LogP contribution < -0.4 is 11.1 Å². The maximum atomic E-state index is 12.3. The smallest absolute Gasteiger partial charge is 0.398 e. The standard InChI is InChI=1S/C17H11BrF3N3O2.C15H12BrN3O/c18-12-9-11(6-7-13(12)22-16(25)17(19,20)21)15-23-14(24-26-15)8-10-4-2-1-3-5-10;16-12-9-11(6-7-13(12)17)15-18-14(19-20-15)8-10-4-2-1-3-5-10/h1-7,9H,8H2,(H,22,25);1-7,9H,8,17H2. The van der Waals surface area contributed by atoms with Gasteiger partial charge in [0, 0.05) is 38.6 Å². The number of benzene rings is 4. The lowest BCUT2D eigenvalue weighted by atomic mass is 10.1. The molecule has 2 aromatic heterocycles. The van der Waals surface area contributed by atoms with Gasteiger partial charge < -0.3 is 20.1 Å². The molecular formula is C32H23Br2F3N6O3. The number of hydrogen-bond donors (Lipinski definition) is 2. The van der Waals surface area contributed by atoms with Crippen molar-refractivity contribution in [3.63, 3.8) is 0 Å². The highest BCUT2D eigenvalue weighted by Gasteiger charge is 2.39. The third-order valence-corrected chi connectivity index (χ3v) is 7.66. The summed E-state index contributed by atoms with van der Waals surface area (Å²) >= 11 is 6.52. The van der Waals surface area contributed by atoms with Gasteiger partial charge in [0.15, 0.2) is 11.6 Å². The quantitative estimate of drug-likeness (QED) is 0.156. The number of nitrogens with two attached hydrogens (primary N) is 1. The van der Waals surface area contributed by atoms with Crippen LogP contribution in [0.25, 0.3) is 22.9 Å². The third-order valence-electron chi connectivity index (χ3n) is 6.32. The van der Waals surface area contributed by atoms with Gasteiger partial charge in [0.1, 0.15) is 0 Å². The number of anilines is 2. The van der Waals surface area contributed by atoms with Crippen molar-refractivity contribution in [2.24, 2.45) is 0 Å². The van der Waals surface area contributed by atoms with Crippen molar-refractivity contribution in [1.29, 1.82) is 0 Å². The number of carbonyl (C=O) groups is 1. The van der Waals surface area contributed by atoms with Crippen LogP contribution in [0, 0.1) is 0 Å². The molecule has 14 heteroatoms. The van der Waals surface area contributed by atoms with Gasteiger partial charge in [-0.2, -0.15) is 23.1 Å². The molecule has 3 N–H and O–H groups in total. The molecule has 46 heavy (non-hydrogen) atoms. The fourth-order valence-corrected chi connectivity index (χ4v) is 4.90. The third kappa shape index (κ3) is 8.67. The zero-order valence-corrected chi connectivity index (χ0v) is 26.8. The minimum absolute atomic E-state index is 0.0138. The lowest BCUT2D eigenvalue weighted by Gasteiger charge is -2.09. The number of nitrogens with one attached hydrogen (secondary N) is 1. The number of nitrogen functional groups attached to an aromatic ring is 1. The number of aromatic nitrogens is 4. The van der Waals surface area contributed by atoms with Crippen LogP contribution >= 0.6 is 31.9 Å². The number of nitrogens with zero attached hydrogens (tertiary/aromatic N) is 4. The van der Waals surface area contributed by atoms with E-state index in [-0.39, 0.29) is 16.1 Å². The second kappa shape index (κ2) is 14.5. The van der Waals surface area contributed by atoms with Gasteiger partial charge in [-0.1, -0.05) is 71.0 Å². The summed E-state index contributed by atoms with van der Waals surface area (Å²) in [5.74, 6) is -0.174. The Morgan fingerprint density at radius 3 is 1.65 bits per heavy atom. The van der Waals surface area contributed by atoms with Crippen LogP contribution in [0.15, 0.2) is 115 Å². The summed E-state index contributed by atoms with van der Waals surface area (Å²) in [6.45, 7) is 0. The summed E-state index contributed by atoms with van der Waals surface area (Å²) in [6, 6.07) is 29.5. The van der Waals surface area contributed by atoms with Crippen LogP contribution in [0.1, 0.15) is 22.8 Å². The average molecular weight is 756 g/mol. The molecule has 6 aromatic rings.